The number of aromatic nitrogens is 1. The van der Waals surface area contributed by atoms with Crippen LogP contribution in [-0.4, -0.2) is 26.9 Å². The van der Waals surface area contributed by atoms with Crippen molar-refractivity contribution in [3.8, 4) is 0 Å². The largest absolute Gasteiger partial charge is 0.432 e. The molecule has 0 aromatic carbocycles. The van der Waals surface area contributed by atoms with Crippen molar-refractivity contribution in [1.29, 1.82) is 0 Å². The van der Waals surface area contributed by atoms with Crippen molar-refractivity contribution in [3.05, 3.63) is 30.1 Å². The van der Waals surface area contributed by atoms with Gasteiger partial charge >= 0.3 is 6.09 Å². The lowest BCUT2D eigenvalue weighted by molar-refractivity contribution is -0.141. The lowest BCUT2D eigenvalue weighted by Gasteiger charge is -2.35. The third-order valence-corrected chi connectivity index (χ3v) is 3.07. The van der Waals surface area contributed by atoms with Crippen molar-refractivity contribution in [1.82, 2.24) is 9.99 Å². The molecule has 0 aliphatic carbocycles. The minimum absolute atomic E-state index is 0.585. The van der Waals surface area contributed by atoms with E-state index in [2.05, 4.69) is 4.98 Å². The molecule has 6 nitrogen and oxygen atoms in total. The van der Waals surface area contributed by atoms with Crippen LogP contribution >= 0.6 is 0 Å². The topological polar surface area (TPSA) is 88.7 Å². The van der Waals surface area contributed by atoms with Crippen LogP contribution in [0.3, 0.4) is 0 Å². The van der Waals surface area contributed by atoms with Gasteiger partial charge in [-0.2, -0.15) is 0 Å². The molecule has 2 atom stereocenters. The maximum atomic E-state index is 11.4. The molecule has 0 unspecified atom stereocenters. The average Bonchev–Trinajstić information content (AvgIpc) is 2.42. The molecule has 16 heavy (non-hydrogen) atoms. The zero-order valence-corrected chi connectivity index (χ0v) is 9.04. The summed E-state index contributed by atoms with van der Waals surface area (Å²) in [5.74, 6) is 5.46. The van der Waals surface area contributed by atoms with Crippen LogP contribution in [0.2, 0.25) is 0 Å². The number of ether oxygens (including phenoxy) is 1. The molecule has 86 valence electrons. The van der Waals surface area contributed by atoms with E-state index < -0.39 is 17.4 Å². The zero-order valence-electron chi connectivity index (χ0n) is 9.04. The Hall–Kier alpha value is -1.66. The molecule has 1 aliphatic heterocycles. The monoisotopic (exact) mass is 223 g/mol. The molecule has 1 fully saturated rings. The maximum Gasteiger partial charge on any atom is 0.427 e. The first kappa shape index (κ1) is 10.8. The summed E-state index contributed by atoms with van der Waals surface area (Å²) in [5.41, 5.74) is -2.26. The van der Waals surface area contributed by atoms with Crippen molar-refractivity contribution in [2.75, 3.05) is 0 Å². The summed E-state index contributed by atoms with van der Waals surface area (Å²) in [7, 11) is 0. The highest BCUT2D eigenvalue weighted by molar-refractivity contribution is 5.71. The Morgan fingerprint density at radius 2 is 2.25 bits per heavy atom. The van der Waals surface area contributed by atoms with Crippen molar-refractivity contribution >= 4 is 6.09 Å². The maximum absolute atomic E-state index is 11.4. The van der Waals surface area contributed by atoms with E-state index in [1.165, 1.54) is 13.1 Å². The predicted molar refractivity (Wildman–Crippen MR) is 54.7 cm³/mol. The smallest absolute Gasteiger partial charge is 0.427 e. The van der Waals surface area contributed by atoms with E-state index in [-0.39, 0.29) is 0 Å². The van der Waals surface area contributed by atoms with Gasteiger partial charge in [-0.3, -0.25) is 4.98 Å². The highest BCUT2D eigenvalue weighted by Gasteiger charge is 2.59. The summed E-state index contributed by atoms with van der Waals surface area (Å²) in [6, 6.07) is 3.41. The number of hydrogen-bond donors (Lipinski definition) is 2. The average molecular weight is 223 g/mol. The van der Waals surface area contributed by atoms with Gasteiger partial charge in [0, 0.05) is 18.0 Å². The van der Waals surface area contributed by atoms with E-state index in [9.17, 15) is 9.90 Å². The van der Waals surface area contributed by atoms with E-state index in [1.807, 2.05) is 0 Å². The van der Waals surface area contributed by atoms with Crippen molar-refractivity contribution in [2.24, 2.45) is 5.84 Å². The van der Waals surface area contributed by atoms with E-state index in [1.54, 1.807) is 25.3 Å². The number of aliphatic hydroxyl groups is 1. The van der Waals surface area contributed by atoms with Crippen LogP contribution in [0, 0.1) is 0 Å². The first-order valence-corrected chi connectivity index (χ1v) is 4.80. The Bertz CT molecular complexity index is 421. The highest BCUT2D eigenvalue weighted by Crippen LogP contribution is 2.42. The number of carbonyl (C=O) groups is 1. The van der Waals surface area contributed by atoms with Crippen LogP contribution < -0.4 is 5.84 Å². The summed E-state index contributed by atoms with van der Waals surface area (Å²) in [5, 5.41) is 10.9. The number of hydrogen-bond acceptors (Lipinski definition) is 5. The van der Waals surface area contributed by atoms with E-state index in [0.29, 0.717) is 10.6 Å². The number of nitrogens with two attached hydrogens (primary N) is 1. The number of pyridine rings is 1. The molecule has 3 N–H and O–H groups in total. The van der Waals surface area contributed by atoms with Crippen LogP contribution in [0.4, 0.5) is 4.79 Å². The second-order valence-corrected chi connectivity index (χ2v) is 4.03. The van der Waals surface area contributed by atoms with E-state index in [4.69, 9.17) is 10.6 Å². The second kappa shape index (κ2) is 3.16. The fourth-order valence-corrected chi connectivity index (χ4v) is 1.71. The second-order valence-electron chi connectivity index (χ2n) is 4.03. The zero-order chi connectivity index (χ0) is 12.0. The van der Waals surface area contributed by atoms with Gasteiger partial charge in [0.25, 0.3) is 0 Å². The standard InChI is InChI=1S/C10H13N3O3/c1-9(7-4-3-5-12-6-7)10(2,15)13(11)8(14)16-9/h3-6,15H,11H2,1-2H3/t9-,10+/m0/s1. The van der Waals surface area contributed by atoms with Gasteiger partial charge in [0.2, 0.25) is 0 Å². The summed E-state index contributed by atoms with van der Waals surface area (Å²) in [6.07, 6.45) is 2.36. The van der Waals surface area contributed by atoms with Gasteiger partial charge in [-0.1, -0.05) is 6.07 Å². The molecule has 1 aromatic rings. The summed E-state index contributed by atoms with van der Waals surface area (Å²) < 4.78 is 5.13. The van der Waals surface area contributed by atoms with Crippen molar-refractivity contribution < 1.29 is 14.6 Å². The third-order valence-electron chi connectivity index (χ3n) is 3.07. The Kier molecular flexibility index (Phi) is 2.14. The molecule has 0 saturated carbocycles. The minimum atomic E-state index is -1.62. The molecule has 0 spiro atoms. The summed E-state index contributed by atoms with van der Waals surface area (Å²) in [6.45, 7) is 3.01. The molecule has 1 amide bonds. The summed E-state index contributed by atoms with van der Waals surface area (Å²) in [4.78, 5) is 15.3. The highest BCUT2D eigenvalue weighted by atomic mass is 16.6. The molecule has 2 heterocycles. The van der Waals surface area contributed by atoms with Gasteiger partial charge in [-0.05, 0) is 19.9 Å². The number of nitrogens with zero attached hydrogens (tertiary/aromatic N) is 2. The van der Waals surface area contributed by atoms with E-state index >= 15 is 0 Å². The third kappa shape index (κ3) is 1.20. The molecule has 0 bridgehead atoms. The van der Waals surface area contributed by atoms with Gasteiger partial charge in [-0.25, -0.2) is 15.6 Å². The molecule has 0 radical (unpaired) electrons. The lowest BCUT2D eigenvalue weighted by Crippen LogP contribution is -2.56. The molecular weight excluding hydrogens is 210 g/mol. The van der Waals surface area contributed by atoms with Gasteiger partial charge in [-0.15, -0.1) is 0 Å². The number of rotatable bonds is 1. The van der Waals surface area contributed by atoms with E-state index in [0.717, 1.165) is 0 Å². The van der Waals surface area contributed by atoms with Crippen molar-refractivity contribution in [3.63, 3.8) is 0 Å². The van der Waals surface area contributed by atoms with Gasteiger partial charge in [0.1, 0.15) is 0 Å². The lowest BCUT2D eigenvalue weighted by atomic mass is 9.87. The van der Waals surface area contributed by atoms with Crippen LogP contribution in [0.25, 0.3) is 0 Å². The first-order valence-electron chi connectivity index (χ1n) is 4.80. The van der Waals surface area contributed by atoms with Gasteiger partial charge in [0.15, 0.2) is 11.3 Å². The van der Waals surface area contributed by atoms with Crippen molar-refractivity contribution in [2.45, 2.75) is 25.2 Å². The molecule has 2 rings (SSSR count). The fourth-order valence-electron chi connectivity index (χ4n) is 1.71. The molecule has 6 heteroatoms. The van der Waals surface area contributed by atoms with Gasteiger partial charge < -0.3 is 9.84 Å². The van der Waals surface area contributed by atoms with Gasteiger partial charge in [0.05, 0.1) is 0 Å². The Morgan fingerprint density at radius 1 is 1.56 bits per heavy atom. The molecule has 1 saturated heterocycles. The normalized spacial score (nSPS) is 34.0. The molecule has 1 aromatic heterocycles. The number of hydrazine groups is 1. The summed E-state index contributed by atoms with van der Waals surface area (Å²) >= 11 is 0. The number of cyclic esters (lactones) is 1. The predicted octanol–water partition coefficient (Wildman–Crippen LogP) is 0.331. The first-order chi connectivity index (χ1) is 7.39. The Balaban J connectivity index is 2.51. The SMILES string of the molecule is C[C@@]1(c2cccnc2)OC(=O)N(N)[C@]1(C)O. The molecular formula is C10H13N3O3. The molecule has 1 aliphatic rings. The van der Waals surface area contributed by atoms with Crippen LogP contribution in [0.15, 0.2) is 24.5 Å². The number of amides is 1. The van der Waals surface area contributed by atoms with Crippen LogP contribution in [0.1, 0.15) is 19.4 Å². The van der Waals surface area contributed by atoms with Crippen LogP contribution in [0.5, 0.6) is 0 Å². The number of carbonyl (C=O) groups excluding carboxylic acids is 1. The minimum Gasteiger partial charge on any atom is -0.432 e. The fraction of sp³-hybridized carbons (Fsp3) is 0.400. The Morgan fingerprint density at radius 3 is 2.69 bits per heavy atom. The van der Waals surface area contributed by atoms with Crippen LogP contribution in [-0.2, 0) is 10.3 Å². The quantitative estimate of drug-likeness (QED) is 0.529. The Labute approximate surface area is 92.6 Å².